The Bertz CT molecular complexity index is 942. The van der Waals surface area contributed by atoms with Crippen LogP contribution >= 0.6 is 0 Å². The van der Waals surface area contributed by atoms with Gasteiger partial charge in [-0.3, -0.25) is 9.97 Å². The summed E-state index contributed by atoms with van der Waals surface area (Å²) >= 11 is 0. The van der Waals surface area contributed by atoms with Crippen LogP contribution in [0.1, 0.15) is 0 Å². The Morgan fingerprint density at radius 1 is 0.600 bits per heavy atom. The molecule has 4 aromatic heterocycles. The Hall–Kier alpha value is -2.30. The predicted octanol–water partition coefficient (Wildman–Crippen LogP) is 3.87. The van der Waals surface area contributed by atoms with Crippen molar-refractivity contribution in [2.45, 2.75) is 0 Å². The molecule has 0 aromatic carbocycles. The van der Waals surface area contributed by atoms with E-state index in [1.165, 1.54) is 0 Å². The monoisotopic (exact) mass is 397 g/mol. The predicted molar refractivity (Wildman–Crippen MR) is 91.6 cm³/mol. The molecule has 4 aromatic rings. The molecule has 4 rings (SSSR count). The second kappa shape index (κ2) is 8.19. The summed E-state index contributed by atoms with van der Waals surface area (Å²) in [5.41, 5.74) is 4.85. The van der Waals surface area contributed by atoms with Crippen LogP contribution in [0.15, 0.2) is 73.2 Å². The molecule has 0 aliphatic heterocycles. The fourth-order valence-electron chi connectivity index (χ4n) is 2.34. The van der Waals surface area contributed by atoms with E-state index in [9.17, 15) is 0 Å². The number of nitrogens with zero attached hydrogens (tertiary/aromatic N) is 4. The van der Waals surface area contributed by atoms with E-state index >= 15 is 0 Å². The van der Waals surface area contributed by atoms with Crippen molar-refractivity contribution in [1.29, 1.82) is 0 Å². The van der Waals surface area contributed by atoms with Crippen molar-refractivity contribution in [3.05, 3.63) is 85.5 Å². The van der Waals surface area contributed by atoms with Gasteiger partial charge in [-0.25, -0.2) is 11.1 Å². The van der Waals surface area contributed by atoms with Gasteiger partial charge in [0, 0.05) is 62.2 Å². The van der Waals surface area contributed by atoms with Gasteiger partial charge in [-0.2, -0.15) is 18.2 Å². The number of aromatic nitrogens is 4. The molecule has 0 atom stereocenters. The average Bonchev–Trinajstić information content (AvgIpc) is 2.70. The maximum absolute atomic E-state index is 4.38. The molecule has 0 aliphatic rings. The number of pyridine rings is 4. The summed E-state index contributed by atoms with van der Waals surface area (Å²) in [4.78, 5) is 17.3. The largest absolute Gasteiger partial charge is 0.361 e. The van der Waals surface area contributed by atoms with Crippen LogP contribution in [-0.2, 0) is 32.7 Å². The van der Waals surface area contributed by atoms with Gasteiger partial charge in [-0.05, 0) is 30.1 Å². The van der Waals surface area contributed by atoms with Crippen molar-refractivity contribution < 1.29 is 32.7 Å². The van der Waals surface area contributed by atoms with Crippen molar-refractivity contribution in [1.82, 2.24) is 19.9 Å². The van der Waals surface area contributed by atoms with Crippen LogP contribution in [0.4, 0.5) is 0 Å². The van der Waals surface area contributed by atoms with Gasteiger partial charge in [-0.15, -0.1) is 6.07 Å². The van der Waals surface area contributed by atoms with Gasteiger partial charge in [0.15, 0.2) is 0 Å². The first-order valence-corrected chi connectivity index (χ1v) is 7.50. The zero-order valence-electron chi connectivity index (χ0n) is 13.3. The molecule has 0 spiro atoms. The summed E-state index contributed by atoms with van der Waals surface area (Å²) in [5.74, 6) is 0. The quantitative estimate of drug-likeness (QED) is 0.493. The van der Waals surface area contributed by atoms with Crippen LogP contribution in [0.5, 0.6) is 0 Å². The van der Waals surface area contributed by atoms with Gasteiger partial charge < -0.3 is 9.97 Å². The minimum Gasteiger partial charge on any atom is -0.361 e. The Labute approximate surface area is 171 Å². The van der Waals surface area contributed by atoms with Crippen LogP contribution in [0.25, 0.3) is 33.9 Å². The fraction of sp³-hybridized carbons (Fsp3) is 0. The van der Waals surface area contributed by atoms with Gasteiger partial charge in [-0.1, -0.05) is 24.4 Å². The molecule has 25 heavy (non-hydrogen) atoms. The van der Waals surface area contributed by atoms with Gasteiger partial charge in [0.25, 0.3) is 0 Å². The molecule has 4 nitrogen and oxygen atoms in total. The second-order valence-electron chi connectivity index (χ2n) is 5.12. The molecule has 1 radical (unpaired) electrons. The third kappa shape index (κ3) is 4.03. The molecule has 0 aliphatic carbocycles. The van der Waals surface area contributed by atoms with Crippen LogP contribution in [-0.4, -0.2) is 19.9 Å². The smallest absolute Gasteiger partial charge is 0.0465 e. The number of hydrogen-bond acceptors (Lipinski definition) is 4. The molecule has 0 fully saturated rings. The van der Waals surface area contributed by atoms with Gasteiger partial charge in [0.05, 0.1) is 0 Å². The van der Waals surface area contributed by atoms with Crippen LogP contribution in [0, 0.1) is 12.3 Å². The van der Waals surface area contributed by atoms with Gasteiger partial charge in [0.1, 0.15) is 0 Å². The molecule has 0 unspecified atom stereocenters. The third-order valence-electron chi connectivity index (χ3n) is 3.53. The first-order valence-electron chi connectivity index (χ1n) is 7.50. The summed E-state index contributed by atoms with van der Waals surface area (Å²) < 4.78 is 0. The maximum Gasteiger partial charge on any atom is 0.0465 e. The molecule has 4 heterocycles. The van der Waals surface area contributed by atoms with E-state index in [0.717, 1.165) is 28.2 Å². The molecular weight excluding hydrogens is 385 g/mol. The molecule has 5 heteroatoms. The van der Waals surface area contributed by atoms with Crippen molar-refractivity contribution in [3.8, 4) is 33.9 Å². The van der Waals surface area contributed by atoms with E-state index in [1.54, 1.807) is 18.6 Å². The summed E-state index contributed by atoms with van der Waals surface area (Å²) in [6.07, 6.45) is 8.30. The van der Waals surface area contributed by atoms with E-state index in [4.69, 9.17) is 0 Å². The molecular formula is C20H12N4Y-2. The van der Waals surface area contributed by atoms with Gasteiger partial charge >= 0.3 is 0 Å². The second-order valence-corrected chi connectivity index (χ2v) is 5.12. The Balaban J connectivity index is 0.00000182. The summed E-state index contributed by atoms with van der Waals surface area (Å²) in [7, 11) is 0. The van der Waals surface area contributed by atoms with E-state index in [0.29, 0.717) is 5.69 Å². The fourth-order valence-corrected chi connectivity index (χ4v) is 2.34. The normalized spacial score (nSPS) is 10.1. The van der Waals surface area contributed by atoms with Crippen LogP contribution < -0.4 is 0 Å². The maximum atomic E-state index is 4.38. The van der Waals surface area contributed by atoms with E-state index in [2.05, 4.69) is 32.2 Å². The van der Waals surface area contributed by atoms with Crippen molar-refractivity contribution in [2.75, 3.05) is 0 Å². The first kappa shape index (κ1) is 17.5. The minimum atomic E-state index is 0. The molecule has 0 bridgehead atoms. The molecule has 0 saturated carbocycles. The third-order valence-corrected chi connectivity index (χ3v) is 3.53. The van der Waals surface area contributed by atoms with E-state index < -0.39 is 0 Å². The standard InChI is InChI=1S/C20H12N4.Y/c1-3-10-21-17(5-1)19-8-7-16(14-24-19)15-9-12-23-20(13-15)18-6-2-4-11-22-18;/h1-12H;/q-2;. The minimum absolute atomic E-state index is 0. The average molecular weight is 397 g/mol. The zero-order chi connectivity index (χ0) is 16.2. The first-order chi connectivity index (χ1) is 11.9. The molecule has 0 N–H and O–H groups in total. The zero-order valence-corrected chi connectivity index (χ0v) is 16.1. The van der Waals surface area contributed by atoms with Crippen LogP contribution in [0.2, 0.25) is 0 Å². The Morgan fingerprint density at radius 3 is 2.00 bits per heavy atom. The number of rotatable bonds is 3. The van der Waals surface area contributed by atoms with E-state index in [1.807, 2.05) is 54.6 Å². The summed E-state index contributed by atoms with van der Waals surface area (Å²) in [5, 5.41) is 0. The van der Waals surface area contributed by atoms with Crippen LogP contribution in [0.3, 0.4) is 0 Å². The number of hydrogen-bond donors (Lipinski definition) is 0. The summed E-state index contributed by atoms with van der Waals surface area (Å²) in [6.45, 7) is 0. The topological polar surface area (TPSA) is 51.6 Å². The molecule has 0 saturated heterocycles. The molecule has 0 amide bonds. The van der Waals surface area contributed by atoms with Crippen molar-refractivity contribution in [3.63, 3.8) is 0 Å². The Morgan fingerprint density at radius 2 is 1.36 bits per heavy atom. The summed E-state index contributed by atoms with van der Waals surface area (Å²) in [6, 6.07) is 20.5. The molecule has 117 valence electrons. The SMILES string of the molecule is [Y].[c-]1nc(-c2ccccn2)ccc1-c1[c-]c(-c2ccccn2)ncc1. The van der Waals surface area contributed by atoms with Gasteiger partial charge in [0.2, 0.25) is 0 Å². The van der Waals surface area contributed by atoms with Crippen molar-refractivity contribution >= 4 is 0 Å². The Kier molecular flexibility index (Phi) is 5.74. The van der Waals surface area contributed by atoms with Crippen molar-refractivity contribution in [2.24, 2.45) is 0 Å². The van der Waals surface area contributed by atoms with E-state index in [-0.39, 0.29) is 32.7 Å².